The molecule has 108 valence electrons. The lowest BCUT2D eigenvalue weighted by Crippen LogP contribution is -2.04. The van der Waals surface area contributed by atoms with E-state index in [1.54, 1.807) is 24.3 Å². The van der Waals surface area contributed by atoms with Gasteiger partial charge in [0.1, 0.15) is 11.6 Å². The third-order valence-corrected chi connectivity index (χ3v) is 3.17. The number of ketones is 1. The molecule has 0 N–H and O–H groups in total. The summed E-state index contributed by atoms with van der Waals surface area (Å²) in [7, 11) is 0. The summed E-state index contributed by atoms with van der Waals surface area (Å²) >= 11 is 0. The predicted octanol–water partition coefficient (Wildman–Crippen LogP) is 4.62. The molecule has 2 rings (SSSR count). The van der Waals surface area contributed by atoms with Crippen LogP contribution in [0.2, 0.25) is 0 Å². The van der Waals surface area contributed by atoms with Crippen LogP contribution in [0.15, 0.2) is 54.6 Å². The van der Waals surface area contributed by atoms with Gasteiger partial charge in [-0.3, -0.25) is 4.79 Å². The molecular formula is C18H16F2O. The van der Waals surface area contributed by atoms with E-state index in [0.717, 1.165) is 11.1 Å². The molecule has 0 aliphatic rings. The van der Waals surface area contributed by atoms with Crippen molar-refractivity contribution in [3.05, 3.63) is 77.4 Å². The van der Waals surface area contributed by atoms with Crippen molar-refractivity contribution in [1.29, 1.82) is 0 Å². The minimum atomic E-state index is -0.340. The lowest BCUT2D eigenvalue weighted by molar-refractivity contribution is -0.117. The van der Waals surface area contributed by atoms with Gasteiger partial charge in [-0.25, -0.2) is 8.78 Å². The highest BCUT2D eigenvalue weighted by molar-refractivity contribution is 6.01. The van der Waals surface area contributed by atoms with Gasteiger partial charge in [-0.05, 0) is 47.0 Å². The molecule has 0 amide bonds. The topological polar surface area (TPSA) is 17.1 Å². The monoisotopic (exact) mass is 286 g/mol. The molecule has 0 saturated heterocycles. The molecule has 0 aromatic heterocycles. The number of halogens is 2. The molecule has 0 aliphatic carbocycles. The highest BCUT2D eigenvalue weighted by atomic mass is 19.1. The van der Waals surface area contributed by atoms with Gasteiger partial charge >= 0.3 is 0 Å². The first-order valence-corrected chi connectivity index (χ1v) is 6.75. The summed E-state index contributed by atoms with van der Waals surface area (Å²) in [5.74, 6) is -0.848. The van der Waals surface area contributed by atoms with Crippen LogP contribution >= 0.6 is 0 Å². The number of benzene rings is 2. The molecule has 0 spiro atoms. The van der Waals surface area contributed by atoms with Crippen LogP contribution in [0.3, 0.4) is 0 Å². The number of hydrogen-bond acceptors (Lipinski definition) is 1. The van der Waals surface area contributed by atoms with Gasteiger partial charge in [-0.1, -0.05) is 38.1 Å². The summed E-state index contributed by atoms with van der Waals surface area (Å²) in [5.41, 5.74) is 2.10. The van der Waals surface area contributed by atoms with Crippen LogP contribution in [0, 0.1) is 17.6 Å². The van der Waals surface area contributed by atoms with Crippen molar-refractivity contribution >= 4 is 11.4 Å². The Kier molecular flexibility index (Phi) is 4.63. The normalized spacial score (nSPS) is 10.5. The van der Waals surface area contributed by atoms with Gasteiger partial charge < -0.3 is 0 Å². The standard InChI is InChI=1S/C18H16F2O/c1-12(2)18(21)11-17(13-3-7-15(19)8-4-13)14-5-9-16(20)10-6-14/h3-12H,1-2H3. The summed E-state index contributed by atoms with van der Waals surface area (Å²) in [6.07, 6.45) is 1.53. The second-order valence-electron chi connectivity index (χ2n) is 5.13. The van der Waals surface area contributed by atoms with Crippen LogP contribution in [0.25, 0.3) is 5.57 Å². The van der Waals surface area contributed by atoms with Crippen LogP contribution in [-0.2, 0) is 4.79 Å². The molecule has 0 bridgehead atoms. The largest absolute Gasteiger partial charge is 0.295 e. The van der Waals surface area contributed by atoms with Gasteiger partial charge in [0.15, 0.2) is 5.78 Å². The van der Waals surface area contributed by atoms with Crippen molar-refractivity contribution in [2.45, 2.75) is 13.8 Å². The van der Waals surface area contributed by atoms with E-state index in [-0.39, 0.29) is 23.3 Å². The highest BCUT2D eigenvalue weighted by Gasteiger charge is 2.10. The molecule has 3 heteroatoms. The first-order chi connectivity index (χ1) is 9.97. The summed E-state index contributed by atoms with van der Waals surface area (Å²) in [6.45, 7) is 3.62. The van der Waals surface area contributed by atoms with Crippen LogP contribution in [0.4, 0.5) is 8.78 Å². The van der Waals surface area contributed by atoms with E-state index >= 15 is 0 Å². The van der Waals surface area contributed by atoms with E-state index in [0.29, 0.717) is 5.57 Å². The molecule has 0 aliphatic heterocycles. The zero-order chi connectivity index (χ0) is 15.4. The van der Waals surface area contributed by atoms with Gasteiger partial charge in [0.05, 0.1) is 0 Å². The molecule has 0 heterocycles. The summed E-state index contributed by atoms with van der Waals surface area (Å²) in [5, 5.41) is 0. The average molecular weight is 286 g/mol. The van der Waals surface area contributed by atoms with Gasteiger partial charge in [0.25, 0.3) is 0 Å². The predicted molar refractivity (Wildman–Crippen MR) is 79.7 cm³/mol. The lowest BCUT2D eigenvalue weighted by atomic mass is 9.94. The first-order valence-electron chi connectivity index (χ1n) is 6.75. The minimum absolute atomic E-state index is 0.0290. The average Bonchev–Trinajstić information content (AvgIpc) is 2.46. The number of rotatable bonds is 4. The molecule has 1 nitrogen and oxygen atoms in total. The van der Waals surface area contributed by atoms with E-state index in [1.807, 2.05) is 13.8 Å². The summed E-state index contributed by atoms with van der Waals surface area (Å²) in [6, 6.07) is 11.8. The van der Waals surface area contributed by atoms with E-state index in [1.165, 1.54) is 30.3 Å². The highest BCUT2D eigenvalue weighted by Crippen LogP contribution is 2.24. The number of carbonyl (C=O) groups is 1. The fourth-order valence-corrected chi connectivity index (χ4v) is 1.90. The van der Waals surface area contributed by atoms with Crippen LogP contribution in [0.5, 0.6) is 0 Å². The van der Waals surface area contributed by atoms with Crippen LogP contribution in [0.1, 0.15) is 25.0 Å². The molecule has 0 saturated carbocycles. The molecule has 0 radical (unpaired) electrons. The zero-order valence-corrected chi connectivity index (χ0v) is 11.9. The second-order valence-corrected chi connectivity index (χ2v) is 5.13. The van der Waals surface area contributed by atoms with E-state index < -0.39 is 0 Å². The summed E-state index contributed by atoms with van der Waals surface area (Å²) in [4.78, 5) is 12.0. The van der Waals surface area contributed by atoms with Crippen molar-refractivity contribution in [2.24, 2.45) is 5.92 Å². The molecule has 0 fully saturated rings. The molecule has 21 heavy (non-hydrogen) atoms. The zero-order valence-electron chi connectivity index (χ0n) is 11.9. The van der Waals surface area contributed by atoms with E-state index in [4.69, 9.17) is 0 Å². The second kappa shape index (κ2) is 6.44. The van der Waals surface area contributed by atoms with Crippen molar-refractivity contribution in [3.63, 3.8) is 0 Å². The quantitative estimate of drug-likeness (QED) is 0.749. The third kappa shape index (κ3) is 3.85. The van der Waals surface area contributed by atoms with Gasteiger partial charge in [0.2, 0.25) is 0 Å². The maximum atomic E-state index is 13.1. The van der Waals surface area contributed by atoms with Crippen molar-refractivity contribution < 1.29 is 13.6 Å². The first kappa shape index (κ1) is 15.1. The van der Waals surface area contributed by atoms with E-state index in [9.17, 15) is 13.6 Å². The minimum Gasteiger partial charge on any atom is -0.295 e. The Morgan fingerprint density at radius 3 is 1.57 bits per heavy atom. The molecule has 2 aromatic carbocycles. The van der Waals surface area contributed by atoms with Gasteiger partial charge in [-0.15, -0.1) is 0 Å². The van der Waals surface area contributed by atoms with Gasteiger partial charge in [-0.2, -0.15) is 0 Å². The summed E-state index contributed by atoms with van der Waals surface area (Å²) < 4.78 is 26.1. The van der Waals surface area contributed by atoms with E-state index in [2.05, 4.69) is 0 Å². The fourth-order valence-electron chi connectivity index (χ4n) is 1.90. The Balaban J connectivity index is 2.51. The SMILES string of the molecule is CC(C)C(=O)C=C(c1ccc(F)cc1)c1ccc(F)cc1. The van der Waals surface area contributed by atoms with Crippen molar-refractivity contribution in [2.75, 3.05) is 0 Å². The number of hydrogen-bond donors (Lipinski definition) is 0. The van der Waals surface area contributed by atoms with Gasteiger partial charge in [0, 0.05) is 5.92 Å². The number of carbonyl (C=O) groups excluding carboxylic acids is 1. The maximum absolute atomic E-state index is 13.1. The Bertz CT molecular complexity index is 605. The smallest absolute Gasteiger partial charge is 0.158 e. The number of allylic oxidation sites excluding steroid dienone is 1. The van der Waals surface area contributed by atoms with Crippen molar-refractivity contribution in [3.8, 4) is 0 Å². The van der Waals surface area contributed by atoms with Crippen LogP contribution in [-0.4, -0.2) is 5.78 Å². The van der Waals surface area contributed by atoms with Crippen molar-refractivity contribution in [1.82, 2.24) is 0 Å². The Labute approximate surface area is 122 Å². The Morgan fingerprint density at radius 1 is 0.857 bits per heavy atom. The fraction of sp³-hybridized carbons (Fsp3) is 0.167. The third-order valence-electron chi connectivity index (χ3n) is 3.17. The molecule has 2 aromatic rings. The van der Waals surface area contributed by atoms with Crippen LogP contribution < -0.4 is 0 Å². The maximum Gasteiger partial charge on any atom is 0.158 e. The lowest BCUT2D eigenvalue weighted by Gasteiger charge is -2.09. The molecular weight excluding hydrogens is 270 g/mol. The Hall–Kier alpha value is -2.29. The molecule has 0 unspecified atom stereocenters. The molecule has 0 atom stereocenters. The Morgan fingerprint density at radius 2 is 1.24 bits per heavy atom.